The molecule has 0 aromatic rings. The Balaban J connectivity index is 3.53. The van der Waals surface area contributed by atoms with Gasteiger partial charge in [-0.1, -0.05) is 0 Å². The normalized spacial score (nSPS) is 20.4. The molecule has 10 heteroatoms. The van der Waals surface area contributed by atoms with E-state index < -0.39 is 65.9 Å². The highest BCUT2D eigenvalue weighted by molar-refractivity contribution is 6.04. The molecule has 21 heavy (non-hydrogen) atoms. The fraction of sp³-hybridized carbons (Fsp3) is 0.545. The van der Waals surface area contributed by atoms with E-state index in [2.05, 4.69) is 0 Å². The van der Waals surface area contributed by atoms with Gasteiger partial charge in [-0.25, -0.2) is 0 Å². The van der Waals surface area contributed by atoms with E-state index in [0.29, 0.717) is 0 Å². The monoisotopic (exact) mass is 304 g/mol. The molecular formula is C11H12O10. The Morgan fingerprint density at radius 3 is 1.14 bits per heavy atom. The summed E-state index contributed by atoms with van der Waals surface area (Å²) < 4.78 is 0. The molecule has 0 amide bonds. The number of carbonyl (C=O) groups is 5. The summed E-state index contributed by atoms with van der Waals surface area (Å²) in [5.41, 5.74) is -5.56. The molecule has 116 valence electrons. The molecule has 0 aromatic carbocycles. The SMILES string of the molecule is O=C(O)C1CC(C(=O)O)(C(=O)O)CC(C(=O)O)(C(=O)O)C1. The Morgan fingerprint density at radius 2 is 0.952 bits per heavy atom. The number of carboxylic acids is 5. The zero-order valence-corrected chi connectivity index (χ0v) is 10.5. The number of aliphatic carboxylic acids is 5. The van der Waals surface area contributed by atoms with Crippen molar-refractivity contribution in [1.82, 2.24) is 0 Å². The molecule has 0 atom stereocenters. The lowest BCUT2D eigenvalue weighted by Crippen LogP contribution is -2.56. The Bertz CT molecular complexity index is 465. The lowest BCUT2D eigenvalue weighted by atomic mass is 9.58. The van der Waals surface area contributed by atoms with Crippen LogP contribution in [0.5, 0.6) is 0 Å². The molecule has 0 unspecified atom stereocenters. The van der Waals surface area contributed by atoms with Gasteiger partial charge in [0.05, 0.1) is 5.92 Å². The van der Waals surface area contributed by atoms with Crippen LogP contribution in [0.1, 0.15) is 19.3 Å². The van der Waals surface area contributed by atoms with Crippen LogP contribution < -0.4 is 0 Å². The molecule has 1 rings (SSSR count). The highest BCUT2D eigenvalue weighted by atomic mass is 16.4. The minimum Gasteiger partial charge on any atom is -0.481 e. The Kier molecular flexibility index (Phi) is 3.93. The summed E-state index contributed by atoms with van der Waals surface area (Å²) in [6, 6.07) is 0. The Labute approximate surface area is 116 Å². The van der Waals surface area contributed by atoms with Crippen LogP contribution in [-0.4, -0.2) is 55.4 Å². The van der Waals surface area contributed by atoms with E-state index in [-0.39, 0.29) is 0 Å². The maximum atomic E-state index is 11.3. The summed E-state index contributed by atoms with van der Waals surface area (Å²) >= 11 is 0. The Morgan fingerprint density at radius 1 is 0.667 bits per heavy atom. The average molecular weight is 304 g/mol. The second-order valence-corrected chi connectivity index (χ2v) is 5.01. The molecule has 1 aliphatic rings. The summed E-state index contributed by atoms with van der Waals surface area (Å²) in [6.45, 7) is 0. The number of hydrogen-bond acceptors (Lipinski definition) is 5. The molecule has 0 aromatic heterocycles. The van der Waals surface area contributed by atoms with E-state index in [1.807, 2.05) is 0 Å². The number of hydrogen-bond donors (Lipinski definition) is 5. The van der Waals surface area contributed by atoms with E-state index in [0.717, 1.165) is 0 Å². The van der Waals surface area contributed by atoms with E-state index in [9.17, 15) is 24.0 Å². The minimum absolute atomic E-state index is 0.880. The van der Waals surface area contributed by atoms with E-state index in [1.54, 1.807) is 0 Å². The van der Waals surface area contributed by atoms with Crippen LogP contribution in [0.2, 0.25) is 0 Å². The summed E-state index contributed by atoms with van der Waals surface area (Å²) in [6.07, 6.45) is -2.98. The molecule has 0 bridgehead atoms. The smallest absolute Gasteiger partial charge is 0.321 e. The molecule has 0 spiro atoms. The second kappa shape index (κ2) is 5.04. The first-order chi connectivity index (χ1) is 9.49. The van der Waals surface area contributed by atoms with Gasteiger partial charge in [-0.05, 0) is 12.8 Å². The van der Waals surface area contributed by atoms with Gasteiger partial charge in [-0.3, -0.25) is 24.0 Å². The van der Waals surface area contributed by atoms with E-state index in [4.69, 9.17) is 25.5 Å². The topological polar surface area (TPSA) is 186 Å². The first-order valence-corrected chi connectivity index (χ1v) is 5.66. The van der Waals surface area contributed by atoms with Crippen LogP contribution in [0.15, 0.2) is 0 Å². The van der Waals surface area contributed by atoms with Crippen molar-refractivity contribution >= 4 is 29.8 Å². The Hall–Kier alpha value is -2.65. The maximum Gasteiger partial charge on any atom is 0.321 e. The summed E-state index contributed by atoms with van der Waals surface area (Å²) in [5.74, 6) is -11.2. The van der Waals surface area contributed by atoms with Crippen LogP contribution in [-0.2, 0) is 24.0 Å². The van der Waals surface area contributed by atoms with Crippen LogP contribution in [0.25, 0.3) is 0 Å². The minimum atomic E-state index is -2.78. The molecule has 10 nitrogen and oxygen atoms in total. The van der Waals surface area contributed by atoms with Gasteiger partial charge in [0, 0.05) is 6.42 Å². The van der Waals surface area contributed by atoms with Crippen LogP contribution in [0, 0.1) is 16.7 Å². The quantitative estimate of drug-likeness (QED) is 0.401. The van der Waals surface area contributed by atoms with Crippen LogP contribution in [0.4, 0.5) is 0 Å². The third-order valence-electron chi connectivity index (χ3n) is 3.78. The fourth-order valence-corrected chi connectivity index (χ4v) is 2.58. The van der Waals surface area contributed by atoms with Crippen LogP contribution >= 0.6 is 0 Å². The molecule has 0 saturated heterocycles. The van der Waals surface area contributed by atoms with Gasteiger partial charge in [0.1, 0.15) is 0 Å². The predicted octanol–water partition coefficient (Wildman–Crippen LogP) is -0.818. The predicted molar refractivity (Wildman–Crippen MR) is 60.4 cm³/mol. The first kappa shape index (κ1) is 16.4. The third kappa shape index (κ3) is 2.39. The molecule has 1 aliphatic carbocycles. The van der Waals surface area contributed by atoms with Gasteiger partial charge in [0.15, 0.2) is 10.8 Å². The van der Waals surface area contributed by atoms with Crippen molar-refractivity contribution in [1.29, 1.82) is 0 Å². The average Bonchev–Trinajstić information content (AvgIpc) is 2.36. The van der Waals surface area contributed by atoms with Crippen molar-refractivity contribution in [3.05, 3.63) is 0 Å². The van der Waals surface area contributed by atoms with Crippen molar-refractivity contribution < 1.29 is 49.5 Å². The molecule has 5 N–H and O–H groups in total. The molecule has 0 radical (unpaired) electrons. The van der Waals surface area contributed by atoms with Crippen molar-refractivity contribution in [2.24, 2.45) is 16.7 Å². The lowest BCUT2D eigenvalue weighted by molar-refractivity contribution is -0.185. The van der Waals surface area contributed by atoms with Gasteiger partial charge in [0.2, 0.25) is 0 Å². The summed E-state index contributed by atoms with van der Waals surface area (Å²) in [5, 5.41) is 45.3. The van der Waals surface area contributed by atoms with Gasteiger partial charge in [-0.15, -0.1) is 0 Å². The van der Waals surface area contributed by atoms with Crippen molar-refractivity contribution in [3.63, 3.8) is 0 Å². The summed E-state index contributed by atoms with van der Waals surface area (Å²) in [4.78, 5) is 56.1. The number of rotatable bonds is 5. The standard InChI is InChI=1S/C11H12O10/c12-5(13)4-1-10(6(14)15,7(16)17)3-11(2-4,8(18)19)9(20)21/h4H,1-3H2,(H,12,13)(H,14,15)(H,16,17)(H,18,19)(H,20,21). The molecule has 0 aliphatic heterocycles. The van der Waals surface area contributed by atoms with Crippen molar-refractivity contribution in [2.45, 2.75) is 19.3 Å². The lowest BCUT2D eigenvalue weighted by Gasteiger charge is -2.40. The molecule has 1 saturated carbocycles. The van der Waals surface area contributed by atoms with Crippen LogP contribution in [0.3, 0.4) is 0 Å². The zero-order valence-electron chi connectivity index (χ0n) is 10.5. The molecular weight excluding hydrogens is 292 g/mol. The highest BCUT2D eigenvalue weighted by Gasteiger charge is 2.64. The zero-order chi connectivity index (χ0) is 16.6. The van der Waals surface area contributed by atoms with Crippen molar-refractivity contribution in [3.8, 4) is 0 Å². The fourth-order valence-electron chi connectivity index (χ4n) is 2.58. The van der Waals surface area contributed by atoms with Gasteiger partial charge >= 0.3 is 29.8 Å². The molecule has 1 fully saturated rings. The van der Waals surface area contributed by atoms with Crippen molar-refractivity contribution in [2.75, 3.05) is 0 Å². The number of carboxylic acid groups (broad SMARTS) is 5. The molecule has 0 heterocycles. The third-order valence-corrected chi connectivity index (χ3v) is 3.78. The van der Waals surface area contributed by atoms with Gasteiger partial charge in [0.25, 0.3) is 0 Å². The van der Waals surface area contributed by atoms with Gasteiger partial charge < -0.3 is 25.5 Å². The van der Waals surface area contributed by atoms with Gasteiger partial charge in [-0.2, -0.15) is 0 Å². The maximum absolute atomic E-state index is 11.3. The van der Waals surface area contributed by atoms with E-state index >= 15 is 0 Å². The summed E-state index contributed by atoms with van der Waals surface area (Å²) in [7, 11) is 0. The second-order valence-electron chi connectivity index (χ2n) is 5.01. The highest BCUT2D eigenvalue weighted by Crippen LogP contribution is 2.50. The van der Waals surface area contributed by atoms with E-state index in [1.165, 1.54) is 0 Å². The first-order valence-electron chi connectivity index (χ1n) is 5.66. The largest absolute Gasteiger partial charge is 0.481 e.